The number of amides is 1. The number of benzene rings is 2. The minimum Gasteiger partial charge on any atom is -0.451 e. The predicted molar refractivity (Wildman–Crippen MR) is 82.5 cm³/mol. The van der Waals surface area contributed by atoms with Crippen LogP contribution in [0.1, 0.15) is 6.92 Å². The van der Waals surface area contributed by atoms with E-state index in [1.165, 1.54) is 5.48 Å². The van der Waals surface area contributed by atoms with Crippen LogP contribution >= 0.6 is 0 Å². The van der Waals surface area contributed by atoms with Gasteiger partial charge < -0.3 is 4.74 Å². The van der Waals surface area contributed by atoms with Crippen molar-refractivity contribution >= 4 is 15.9 Å². The highest BCUT2D eigenvalue weighted by molar-refractivity contribution is 7.89. The molecule has 1 amide bonds. The van der Waals surface area contributed by atoms with Crippen LogP contribution in [-0.2, 0) is 14.8 Å². The lowest BCUT2D eigenvalue weighted by Crippen LogP contribution is -2.43. The largest absolute Gasteiger partial charge is 0.451 e. The lowest BCUT2D eigenvalue weighted by atomic mass is 10.3. The van der Waals surface area contributed by atoms with E-state index < -0.39 is 50.1 Å². The van der Waals surface area contributed by atoms with Gasteiger partial charge in [-0.2, -0.15) is 4.72 Å². The second kappa shape index (κ2) is 7.72. The van der Waals surface area contributed by atoms with Crippen LogP contribution < -0.4 is 14.9 Å². The van der Waals surface area contributed by atoms with E-state index in [0.717, 1.165) is 31.2 Å². The number of halogens is 3. The van der Waals surface area contributed by atoms with Crippen LogP contribution in [0.4, 0.5) is 13.2 Å². The van der Waals surface area contributed by atoms with Gasteiger partial charge in [-0.15, -0.1) is 0 Å². The van der Waals surface area contributed by atoms with Gasteiger partial charge in [-0.3, -0.25) is 10.0 Å². The number of hydrogen-bond acceptors (Lipinski definition) is 5. The third kappa shape index (κ3) is 4.50. The third-order valence-corrected chi connectivity index (χ3v) is 4.67. The second-order valence-corrected chi connectivity index (χ2v) is 6.81. The smallest absolute Gasteiger partial charge is 0.261 e. The van der Waals surface area contributed by atoms with E-state index in [1.54, 1.807) is 0 Å². The summed E-state index contributed by atoms with van der Waals surface area (Å²) in [5.74, 6) is -5.23. The molecule has 1 unspecified atom stereocenters. The molecule has 0 radical (unpaired) electrons. The van der Waals surface area contributed by atoms with E-state index in [0.29, 0.717) is 12.1 Å². The molecular formula is C15H13F3N2O5S. The van der Waals surface area contributed by atoms with Gasteiger partial charge in [0.05, 0.1) is 4.90 Å². The molecule has 26 heavy (non-hydrogen) atoms. The average Bonchev–Trinajstić information content (AvgIpc) is 2.58. The molecule has 2 rings (SSSR count). The fraction of sp³-hybridized carbons (Fsp3) is 0.133. The zero-order valence-electron chi connectivity index (χ0n) is 13.2. The third-order valence-electron chi connectivity index (χ3n) is 3.15. The number of ether oxygens (including phenoxy) is 1. The topological polar surface area (TPSA) is 105 Å². The Bertz CT molecular complexity index is 896. The molecule has 0 saturated carbocycles. The number of rotatable bonds is 6. The summed E-state index contributed by atoms with van der Waals surface area (Å²) in [7, 11) is -4.46. The molecule has 2 aromatic rings. The van der Waals surface area contributed by atoms with Gasteiger partial charge in [-0.1, -0.05) is 0 Å². The number of nitrogens with one attached hydrogen (secondary N) is 2. The van der Waals surface area contributed by atoms with Crippen LogP contribution in [0.25, 0.3) is 0 Å². The van der Waals surface area contributed by atoms with Gasteiger partial charge in [0.1, 0.15) is 17.6 Å². The summed E-state index contributed by atoms with van der Waals surface area (Å²) >= 11 is 0. The molecule has 0 saturated heterocycles. The summed E-state index contributed by atoms with van der Waals surface area (Å²) in [4.78, 5) is 10.4. The highest BCUT2D eigenvalue weighted by Crippen LogP contribution is 2.30. The Kier molecular flexibility index (Phi) is 5.85. The summed E-state index contributed by atoms with van der Waals surface area (Å²) in [6.07, 6.45) is 0. The molecule has 7 nitrogen and oxygen atoms in total. The van der Waals surface area contributed by atoms with Crippen molar-refractivity contribution in [3.63, 3.8) is 0 Å². The molecule has 0 aromatic heterocycles. The van der Waals surface area contributed by atoms with E-state index in [2.05, 4.69) is 0 Å². The number of hydroxylamine groups is 1. The van der Waals surface area contributed by atoms with Crippen LogP contribution in [0.15, 0.2) is 41.3 Å². The van der Waals surface area contributed by atoms with Gasteiger partial charge in [0.25, 0.3) is 5.91 Å². The first-order valence-corrected chi connectivity index (χ1v) is 8.51. The number of carbonyl (C=O) groups excluding carboxylic acids is 1. The van der Waals surface area contributed by atoms with Crippen LogP contribution in [0.5, 0.6) is 11.5 Å². The molecular weight excluding hydrogens is 377 g/mol. The van der Waals surface area contributed by atoms with Crippen molar-refractivity contribution in [2.24, 2.45) is 0 Å². The molecule has 0 bridgehead atoms. The highest BCUT2D eigenvalue weighted by Gasteiger charge is 2.25. The van der Waals surface area contributed by atoms with Crippen LogP contribution in [0, 0.1) is 17.5 Å². The summed E-state index contributed by atoms with van der Waals surface area (Å²) in [5, 5.41) is 8.46. The minimum atomic E-state index is -4.46. The Morgan fingerprint density at radius 2 is 1.65 bits per heavy atom. The van der Waals surface area contributed by atoms with Crippen LogP contribution in [0.2, 0.25) is 0 Å². The zero-order valence-corrected chi connectivity index (χ0v) is 14.0. The van der Waals surface area contributed by atoms with E-state index in [-0.39, 0.29) is 5.75 Å². The molecule has 0 aliphatic carbocycles. The van der Waals surface area contributed by atoms with Crippen LogP contribution in [-0.4, -0.2) is 25.6 Å². The molecule has 11 heteroatoms. The fourth-order valence-corrected chi connectivity index (χ4v) is 3.09. The van der Waals surface area contributed by atoms with E-state index in [4.69, 9.17) is 9.94 Å². The zero-order chi connectivity index (χ0) is 19.5. The number of sulfonamides is 1. The first kappa shape index (κ1) is 19.7. The average molecular weight is 390 g/mol. The van der Waals surface area contributed by atoms with Crippen molar-refractivity contribution < 1.29 is 36.3 Å². The van der Waals surface area contributed by atoms with Crippen molar-refractivity contribution in [3.05, 3.63) is 53.8 Å². The molecule has 0 heterocycles. The highest BCUT2D eigenvalue weighted by atomic mass is 32.2. The Labute approximate surface area is 146 Å². The maximum atomic E-state index is 14.1. The minimum absolute atomic E-state index is 0.0637. The lowest BCUT2D eigenvalue weighted by Gasteiger charge is -2.14. The van der Waals surface area contributed by atoms with E-state index in [1.807, 2.05) is 4.72 Å². The summed E-state index contributed by atoms with van der Waals surface area (Å²) in [6, 6.07) is 3.89. The molecule has 140 valence electrons. The summed E-state index contributed by atoms with van der Waals surface area (Å²) in [6.45, 7) is 1.11. The van der Waals surface area contributed by atoms with E-state index >= 15 is 0 Å². The normalized spacial score (nSPS) is 12.5. The van der Waals surface area contributed by atoms with Gasteiger partial charge in [-0.05, 0) is 43.3 Å². The molecule has 1 atom stereocenters. The Hall–Kier alpha value is -2.63. The molecule has 0 fully saturated rings. The van der Waals surface area contributed by atoms with Crippen molar-refractivity contribution in [1.82, 2.24) is 10.2 Å². The van der Waals surface area contributed by atoms with Crippen molar-refractivity contribution in [1.29, 1.82) is 0 Å². The Balaban J connectivity index is 2.30. The molecule has 3 N–H and O–H groups in total. The fourth-order valence-electron chi connectivity index (χ4n) is 1.86. The number of hydrogen-bond donors (Lipinski definition) is 3. The van der Waals surface area contributed by atoms with Gasteiger partial charge in [-0.25, -0.2) is 27.1 Å². The predicted octanol–water partition coefficient (Wildman–Crippen LogP) is 2.07. The maximum Gasteiger partial charge on any atom is 0.261 e. The van der Waals surface area contributed by atoms with Gasteiger partial charge >= 0.3 is 0 Å². The lowest BCUT2D eigenvalue weighted by molar-refractivity contribution is -0.130. The standard InChI is InChI=1S/C15H13F3N2O5S/c1-8(15(21)19-22)20-26(23,24)11-6-12(17)14(13(18)7-11)25-10-4-2-9(16)3-5-10/h2-8,20,22H,1H3,(H,19,21). The second-order valence-electron chi connectivity index (χ2n) is 5.09. The quantitative estimate of drug-likeness (QED) is 0.517. The van der Waals surface area contributed by atoms with Crippen molar-refractivity contribution in [2.45, 2.75) is 17.9 Å². The van der Waals surface area contributed by atoms with E-state index in [9.17, 15) is 26.4 Å². The van der Waals surface area contributed by atoms with Gasteiger partial charge in [0.2, 0.25) is 10.0 Å². The maximum absolute atomic E-state index is 14.1. The monoisotopic (exact) mass is 390 g/mol. The molecule has 0 spiro atoms. The first-order valence-electron chi connectivity index (χ1n) is 7.03. The SMILES string of the molecule is CC(NS(=O)(=O)c1cc(F)c(Oc2ccc(F)cc2)c(F)c1)C(=O)NO. The van der Waals surface area contributed by atoms with Gasteiger partial charge in [0.15, 0.2) is 17.4 Å². The summed E-state index contributed by atoms with van der Waals surface area (Å²) < 4.78 is 72.0. The molecule has 0 aliphatic rings. The molecule has 0 aliphatic heterocycles. The first-order chi connectivity index (χ1) is 12.1. The number of carbonyl (C=O) groups is 1. The van der Waals surface area contributed by atoms with Crippen molar-refractivity contribution in [2.75, 3.05) is 0 Å². The van der Waals surface area contributed by atoms with Gasteiger partial charge in [0, 0.05) is 0 Å². The Morgan fingerprint density at radius 1 is 1.12 bits per heavy atom. The van der Waals surface area contributed by atoms with Crippen LogP contribution in [0.3, 0.4) is 0 Å². The summed E-state index contributed by atoms with van der Waals surface area (Å²) in [5.41, 5.74) is 1.24. The Morgan fingerprint density at radius 3 is 2.15 bits per heavy atom. The molecule has 2 aromatic carbocycles. The van der Waals surface area contributed by atoms with Crippen molar-refractivity contribution in [3.8, 4) is 11.5 Å².